The minimum absolute atomic E-state index is 0. The van der Waals surface area contributed by atoms with Gasteiger partial charge >= 0.3 is 0 Å². The van der Waals surface area contributed by atoms with E-state index in [-0.39, 0.29) is 18.3 Å². The molecule has 3 N–H and O–H groups in total. The van der Waals surface area contributed by atoms with Gasteiger partial charge in [-0.05, 0) is 30.3 Å². The van der Waals surface area contributed by atoms with Crippen molar-refractivity contribution >= 4 is 41.3 Å². The van der Waals surface area contributed by atoms with Gasteiger partial charge in [0.1, 0.15) is 5.75 Å². The van der Waals surface area contributed by atoms with Crippen LogP contribution in [0, 0.1) is 0 Å². The zero-order chi connectivity index (χ0) is 13.8. The predicted molar refractivity (Wildman–Crippen MR) is 84.1 cm³/mol. The van der Waals surface area contributed by atoms with Crippen LogP contribution in [0.4, 0.5) is 11.4 Å². The van der Waals surface area contributed by atoms with Crippen LogP contribution in [0.25, 0.3) is 0 Å². The third kappa shape index (κ3) is 3.79. The molecule has 2 aromatic rings. The number of nitrogen functional groups attached to an aromatic ring is 1. The van der Waals surface area contributed by atoms with Gasteiger partial charge in [0, 0.05) is 22.3 Å². The molecule has 4 nitrogen and oxygen atoms in total. The van der Waals surface area contributed by atoms with Gasteiger partial charge in [0.25, 0.3) is 5.91 Å². The van der Waals surface area contributed by atoms with Gasteiger partial charge in [-0.15, -0.1) is 12.4 Å². The number of nitrogens with one attached hydrogen (secondary N) is 1. The minimum Gasteiger partial charge on any atom is -0.495 e. The van der Waals surface area contributed by atoms with E-state index >= 15 is 0 Å². The fourth-order valence-corrected chi connectivity index (χ4v) is 1.81. The highest BCUT2D eigenvalue weighted by Crippen LogP contribution is 2.25. The van der Waals surface area contributed by atoms with E-state index in [9.17, 15) is 4.79 Å². The highest BCUT2D eigenvalue weighted by atomic mass is 35.5. The molecule has 0 spiro atoms. The summed E-state index contributed by atoms with van der Waals surface area (Å²) in [7, 11) is 1.52. The molecular formula is C14H14Cl2N2O2. The second-order valence-electron chi connectivity index (χ2n) is 3.92. The van der Waals surface area contributed by atoms with E-state index in [2.05, 4.69) is 5.32 Å². The van der Waals surface area contributed by atoms with E-state index in [0.29, 0.717) is 27.7 Å². The average Bonchev–Trinajstić information content (AvgIpc) is 2.41. The van der Waals surface area contributed by atoms with Crippen molar-refractivity contribution in [3.63, 3.8) is 0 Å². The van der Waals surface area contributed by atoms with E-state index in [1.165, 1.54) is 7.11 Å². The lowest BCUT2D eigenvalue weighted by Crippen LogP contribution is -2.11. The third-order valence-corrected chi connectivity index (χ3v) is 2.81. The van der Waals surface area contributed by atoms with Gasteiger partial charge in [0.15, 0.2) is 0 Å². The van der Waals surface area contributed by atoms with E-state index in [0.717, 1.165) is 0 Å². The monoisotopic (exact) mass is 312 g/mol. The summed E-state index contributed by atoms with van der Waals surface area (Å²) in [6, 6.07) is 11.8. The summed E-state index contributed by atoms with van der Waals surface area (Å²) >= 11 is 5.84. The summed E-state index contributed by atoms with van der Waals surface area (Å²) in [6.07, 6.45) is 0. The summed E-state index contributed by atoms with van der Waals surface area (Å²) in [5.74, 6) is 0.276. The Morgan fingerprint density at radius 2 is 2.00 bits per heavy atom. The second kappa shape index (κ2) is 7.03. The fraction of sp³-hybridized carbons (Fsp3) is 0.0714. The Balaban J connectivity index is 0.00000200. The largest absolute Gasteiger partial charge is 0.495 e. The smallest absolute Gasteiger partial charge is 0.255 e. The lowest BCUT2D eigenvalue weighted by molar-refractivity contribution is 0.102. The maximum absolute atomic E-state index is 12.0. The standard InChI is InChI=1S/C14H13ClN2O2.ClH/c1-19-13-8-11(5-6-12(13)16)17-14(18)9-3-2-4-10(15)7-9;/h2-8H,16H2,1H3,(H,17,18);1H. The first kappa shape index (κ1) is 16.1. The first-order valence-electron chi connectivity index (χ1n) is 5.60. The zero-order valence-electron chi connectivity index (χ0n) is 10.7. The van der Waals surface area contributed by atoms with Crippen LogP contribution < -0.4 is 15.8 Å². The van der Waals surface area contributed by atoms with E-state index < -0.39 is 0 Å². The molecule has 0 fully saturated rings. The summed E-state index contributed by atoms with van der Waals surface area (Å²) in [4.78, 5) is 12.0. The van der Waals surface area contributed by atoms with Crippen LogP contribution in [0.3, 0.4) is 0 Å². The van der Waals surface area contributed by atoms with Crippen molar-refractivity contribution < 1.29 is 9.53 Å². The summed E-state index contributed by atoms with van der Waals surface area (Å²) in [5, 5.41) is 3.27. The fourth-order valence-electron chi connectivity index (χ4n) is 1.62. The lowest BCUT2D eigenvalue weighted by atomic mass is 10.2. The quantitative estimate of drug-likeness (QED) is 0.851. The van der Waals surface area contributed by atoms with Crippen molar-refractivity contribution in [1.82, 2.24) is 0 Å². The number of anilines is 2. The van der Waals surface area contributed by atoms with Gasteiger partial charge in [-0.2, -0.15) is 0 Å². The minimum atomic E-state index is -0.241. The van der Waals surface area contributed by atoms with Crippen LogP contribution in [-0.4, -0.2) is 13.0 Å². The number of nitrogens with two attached hydrogens (primary N) is 1. The van der Waals surface area contributed by atoms with Crippen LogP contribution in [0.1, 0.15) is 10.4 Å². The molecule has 0 atom stereocenters. The SMILES string of the molecule is COc1cc(NC(=O)c2cccc(Cl)c2)ccc1N.Cl. The Labute approximate surface area is 128 Å². The van der Waals surface area contributed by atoms with Crippen LogP contribution in [0.5, 0.6) is 5.75 Å². The molecule has 106 valence electrons. The molecule has 0 radical (unpaired) electrons. The molecule has 0 heterocycles. The Morgan fingerprint density at radius 3 is 2.65 bits per heavy atom. The molecular weight excluding hydrogens is 299 g/mol. The van der Waals surface area contributed by atoms with E-state index in [4.69, 9.17) is 22.1 Å². The van der Waals surface area contributed by atoms with Crippen LogP contribution in [0.15, 0.2) is 42.5 Å². The Bertz CT molecular complexity index is 618. The Hall–Kier alpha value is -1.91. The number of amides is 1. The van der Waals surface area contributed by atoms with Crippen molar-refractivity contribution in [2.24, 2.45) is 0 Å². The first-order chi connectivity index (χ1) is 9.10. The van der Waals surface area contributed by atoms with Gasteiger partial charge in [0.05, 0.1) is 12.8 Å². The Kier molecular flexibility index (Phi) is 5.67. The van der Waals surface area contributed by atoms with Crippen LogP contribution in [-0.2, 0) is 0 Å². The average molecular weight is 313 g/mol. The third-order valence-electron chi connectivity index (χ3n) is 2.58. The normalized spacial score (nSPS) is 9.50. The first-order valence-corrected chi connectivity index (χ1v) is 5.98. The number of methoxy groups -OCH3 is 1. The van der Waals surface area contributed by atoms with Gasteiger partial charge in [-0.1, -0.05) is 17.7 Å². The van der Waals surface area contributed by atoms with Crippen molar-refractivity contribution in [2.45, 2.75) is 0 Å². The molecule has 0 saturated heterocycles. The molecule has 20 heavy (non-hydrogen) atoms. The van der Waals surface area contributed by atoms with Crippen LogP contribution >= 0.6 is 24.0 Å². The number of benzene rings is 2. The Morgan fingerprint density at radius 1 is 1.25 bits per heavy atom. The molecule has 0 aromatic heterocycles. The van der Waals surface area contributed by atoms with Crippen molar-refractivity contribution in [3.05, 3.63) is 53.1 Å². The highest BCUT2D eigenvalue weighted by molar-refractivity contribution is 6.31. The number of hydrogen-bond donors (Lipinski definition) is 2. The molecule has 6 heteroatoms. The molecule has 0 unspecified atom stereocenters. The summed E-state index contributed by atoms with van der Waals surface area (Å²) in [6.45, 7) is 0. The summed E-state index contributed by atoms with van der Waals surface area (Å²) < 4.78 is 5.09. The molecule has 1 amide bonds. The maximum atomic E-state index is 12.0. The second-order valence-corrected chi connectivity index (χ2v) is 4.36. The van der Waals surface area contributed by atoms with Gasteiger partial charge in [0.2, 0.25) is 0 Å². The molecule has 2 rings (SSSR count). The number of hydrogen-bond acceptors (Lipinski definition) is 3. The zero-order valence-corrected chi connectivity index (χ0v) is 12.3. The summed E-state index contributed by atoms with van der Waals surface area (Å²) in [5.41, 5.74) is 7.32. The topological polar surface area (TPSA) is 64.3 Å². The van der Waals surface area contributed by atoms with Gasteiger partial charge < -0.3 is 15.8 Å². The van der Waals surface area contributed by atoms with Gasteiger partial charge in [-0.3, -0.25) is 4.79 Å². The molecule has 0 bridgehead atoms. The molecule has 0 saturated carbocycles. The number of rotatable bonds is 3. The van der Waals surface area contributed by atoms with E-state index in [1.807, 2.05) is 0 Å². The predicted octanol–water partition coefficient (Wildman–Crippen LogP) is 3.60. The molecule has 0 aliphatic rings. The van der Waals surface area contributed by atoms with Gasteiger partial charge in [-0.25, -0.2) is 0 Å². The van der Waals surface area contributed by atoms with Crippen molar-refractivity contribution in [1.29, 1.82) is 0 Å². The number of carbonyl (C=O) groups is 1. The van der Waals surface area contributed by atoms with Crippen LogP contribution in [0.2, 0.25) is 5.02 Å². The van der Waals surface area contributed by atoms with Crippen molar-refractivity contribution in [3.8, 4) is 5.75 Å². The lowest BCUT2D eigenvalue weighted by Gasteiger charge is -2.09. The van der Waals surface area contributed by atoms with E-state index in [1.54, 1.807) is 42.5 Å². The number of halogens is 2. The molecule has 0 aliphatic heterocycles. The molecule has 2 aromatic carbocycles. The number of ether oxygens (including phenoxy) is 1. The highest BCUT2D eigenvalue weighted by Gasteiger charge is 2.08. The van der Waals surface area contributed by atoms with Crippen molar-refractivity contribution in [2.75, 3.05) is 18.2 Å². The molecule has 0 aliphatic carbocycles. The maximum Gasteiger partial charge on any atom is 0.255 e. The number of carbonyl (C=O) groups excluding carboxylic acids is 1.